The van der Waals surface area contributed by atoms with E-state index in [1.54, 1.807) is 0 Å². The summed E-state index contributed by atoms with van der Waals surface area (Å²) in [4.78, 5) is 0. The number of phenols is 2. The number of hydrogen-bond acceptors (Lipinski definition) is 3. The van der Waals surface area contributed by atoms with Crippen LogP contribution >= 0.6 is 0 Å². The molecular weight excluding hydrogens is 190 g/mol. The molecule has 1 fully saturated rings. The molecule has 0 amide bonds. The Kier molecular flexibility index (Phi) is 2.82. The molecule has 2 rings (SSSR count). The number of aryl methyl sites for hydroxylation is 1. The van der Waals surface area contributed by atoms with Crippen molar-refractivity contribution in [1.82, 2.24) is 5.32 Å². The summed E-state index contributed by atoms with van der Waals surface area (Å²) in [7, 11) is 0. The van der Waals surface area contributed by atoms with Crippen LogP contribution in [0.5, 0.6) is 11.5 Å². The molecule has 1 aromatic carbocycles. The molecule has 3 N–H and O–H groups in total. The van der Waals surface area contributed by atoms with Crippen LogP contribution in [-0.4, -0.2) is 23.3 Å². The van der Waals surface area contributed by atoms with Crippen molar-refractivity contribution < 1.29 is 10.2 Å². The first-order chi connectivity index (χ1) is 7.18. The highest BCUT2D eigenvalue weighted by molar-refractivity contribution is 5.46. The molecule has 3 heteroatoms. The van der Waals surface area contributed by atoms with Crippen LogP contribution in [0.25, 0.3) is 0 Å². The third kappa shape index (κ3) is 2.07. The number of nitrogens with one attached hydrogen (secondary N) is 1. The van der Waals surface area contributed by atoms with Gasteiger partial charge in [0.15, 0.2) is 0 Å². The van der Waals surface area contributed by atoms with E-state index in [2.05, 4.69) is 5.32 Å². The maximum absolute atomic E-state index is 9.78. The van der Waals surface area contributed by atoms with Gasteiger partial charge in [-0.15, -0.1) is 0 Å². The Bertz CT molecular complexity index is 357. The summed E-state index contributed by atoms with van der Waals surface area (Å²) >= 11 is 0. The van der Waals surface area contributed by atoms with E-state index in [1.807, 2.05) is 13.0 Å². The standard InChI is InChI=1S/C12H17NO2/c1-8-5-10(12(15)6-11(8)14)9-3-2-4-13-7-9/h5-6,9,13-15H,2-4,7H2,1H3. The third-order valence-corrected chi connectivity index (χ3v) is 3.08. The molecule has 1 aliphatic heterocycles. The van der Waals surface area contributed by atoms with Gasteiger partial charge in [0.25, 0.3) is 0 Å². The highest BCUT2D eigenvalue weighted by atomic mass is 16.3. The number of hydrogen-bond donors (Lipinski definition) is 3. The van der Waals surface area contributed by atoms with Crippen molar-refractivity contribution in [2.24, 2.45) is 0 Å². The molecule has 1 aliphatic rings. The van der Waals surface area contributed by atoms with E-state index >= 15 is 0 Å². The first kappa shape index (κ1) is 10.3. The maximum atomic E-state index is 9.78. The van der Waals surface area contributed by atoms with E-state index in [4.69, 9.17) is 0 Å². The fraction of sp³-hybridized carbons (Fsp3) is 0.500. The Hall–Kier alpha value is -1.22. The van der Waals surface area contributed by atoms with Gasteiger partial charge in [-0.05, 0) is 43.5 Å². The molecule has 0 aromatic heterocycles. The molecule has 3 nitrogen and oxygen atoms in total. The first-order valence-corrected chi connectivity index (χ1v) is 5.41. The lowest BCUT2D eigenvalue weighted by Gasteiger charge is -2.24. The molecule has 82 valence electrons. The smallest absolute Gasteiger partial charge is 0.122 e. The minimum absolute atomic E-state index is 0.167. The molecule has 0 aliphatic carbocycles. The first-order valence-electron chi connectivity index (χ1n) is 5.41. The average Bonchev–Trinajstić information content (AvgIpc) is 2.25. The molecule has 1 unspecified atom stereocenters. The molecule has 0 radical (unpaired) electrons. The molecule has 0 spiro atoms. The summed E-state index contributed by atoms with van der Waals surface area (Å²) in [6.07, 6.45) is 2.24. The highest BCUT2D eigenvalue weighted by Crippen LogP contribution is 2.34. The van der Waals surface area contributed by atoms with Crippen molar-refractivity contribution in [3.05, 3.63) is 23.3 Å². The minimum Gasteiger partial charge on any atom is -0.508 e. The highest BCUT2D eigenvalue weighted by Gasteiger charge is 2.19. The van der Waals surface area contributed by atoms with Crippen molar-refractivity contribution in [3.8, 4) is 11.5 Å². The van der Waals surface area contributed by atoms with Gasteiger partial charge in [-0.2, -0.15) is 0 Å². The van der Waals surface area contributed by atoms with E-state index in [0.717, 1.165) is 37.1 Å². The van der Waals surface area contributed by atoms with E-state index < -0.39 is 0 Å². The van der Waals surface area contributed by atoms with Gasteiger partial charge >= 0.3 is 0 Å². The van der Waals surface area contributed by atoms with Gasteiger partial charge in [-0.1, -0.05) is 0 Å². The zero-order chi connectivity index (χ0) is 10.8. The van der Waals surface area contributed by atoms with Crippen LogP contribution in [-0.2, 0) is 0 Å². The summed E-state index contributed by atoms with van der Waals surface area (Å²) in [5.41, 5.74) is 1.78. The second kappa shape index (κ2) is 4.11. The largest absolute Gasteiger partial charge is 0.508 e. The number of aromatic hydroxyl groups is 2. The summed E-state index contributed by atoms with van der Waals surface area (Å²) in [5, 5.41) is 22.5. The van der Waals surface area contributed by atoms with Crippen LogP contribution in [0.3, 0.4) is 0 Å². The normalized spacial score (nSPS) is 21.5. The van der Waals surface area contributed by atoms with Crippen molar-refractivity contribution in [2.45, 2.75) is 25.7 Å². The van der Waals surface area contributed by atoms with Crippen LogP contribution in [0.2, 0.25) is 0 Å². The van der Waals surface area contributed by atoms with E-state index in [-0.39, 0.29) is 11.5 Å². The van der Waals surface area contributed by atoms with E-state index in [0.29, 0.717) is 5.92 Å². The quantitative estimate of drug-likeness (QED) is 0.659. The summed E-state index contributed by atoms with van der Waals surface area (Å²) < 4.78 is 0. The predicted octanol–water partition coefficient (Wildman–Crippen LogP) is 1.87. The van der Waals surface area contributed by atoms with Gasteiger partial charge in [-0.3, -0.25) is 0 Å². The van der Waals surface area contributed by atoms with Crippen LogP contribution in [0.1, 0.15) is 29.9 Å². The molecule has 1 saturated heterocycles. The van der Waals surface area contributed by atoms with Gasteiger partial charge in [0, 0.05) is 18.5 Å². The van der Waals surface area contributed by atoms with Gasteiger partial charge in [0.2, 0.25) is 0 Å². The fourth-order valence-corrected chi connectivity index (χ4v) is 2.15. The van der Waals surface area contributed by atoms with E-state index in [9.17, 15) is 10.2 Å². The van der Waals surface area contributed by atoms with Gasteiger partial charge in [0.05, 0.1) is 0 Å². The number of phenolic OH excluding ortho intramolecular Hbond substituents is 2. The minimum atomic E-state index is 0.167. The third-order valence-electron chi connectivity index (χ3n) is 3.08. The second-order valence-corrected chi connectivity index (χ2v) is 4.24. The molecule has 0 bridgehead atoms. The Morgan fingerprint density at radius 2 is 2.07 bits per heavy atom. The maximum Gasteiger partial charge on any atom is 0.122 e. The zero-order valence-electron chi connectivity index (χ0n) is 8.95. The Labute approximate surface area is 89.8 Å². The topological polar surface area (TPSA) is 52.5 Å². The van der Waals surface area contributed by atoms with Crippen LogP contribution in [0.4, 0.5) is 0 Å². The molecule has 1 heterocycles. The molecule has 1 aromatic rings. The van der Waals surface area contributed by atoms with Crippen molar-refractivity contribution in [2.75, 3.05) is 13.1 Å². The zero-order valence-corrected chi connectivity index (χ0v) is 8.95. The van der Waals surface area contributed by atoms with Crippen molar-refractivity contribution >= 4 is 0 Å². The average molecular weight is 207 g/mol. The monoisotopic (exact) mass is 207 g/mol. The lowest BCUT2D eigenvalue weighted by molar-refractivity contribution is 0.416. The van der Waals surface area contributed by atoms with Crippen molar-refractivity contribution in [1.29, 1.82) is 0 Å². The lowest BCUT2D eigenvalue weighted by Crippen LogP contribution is -2.28. The number of benzene rings is 1. The molecular formula is C12H17NO2. The van der Waals surface area contributed by atoms with Crippen LogP contribution in [0, 0.1) is 6.92 Å². The van der Waals surface area contributed by atoms with Gasteiger partial charge in [-0.25, -0.2) is 0 Å². The summed E-state index contributed by atoms with van der Waals surface area (Å²) in [6, 6.07) is 3.33. The predicted molar refractivity (Wildman–Crippen MR) is 59.4 cm³/mol. The van der Waals surface area contributed by atoms with Crippen LogP contribution in [0.15, 0.2) is 12.1 Å². The Balaban J connectivity index is 2.30. The molecule has 0 saturated carbocycles. The van der Waals surface area contributed by atoms with Gasteiger partial charge in [0.1, 0.15) is 11.5 Å². The van der Waals surface area contributed by atoms with Crippen LogP contribution < -0.4 is 5.32 Å². The lowest BCUT2D eigenvalue weighted by atomic mass is 9.90. The Morgan fingerprint density at radius 1 is 1.27 bits per heavy atom. The molecule has 15 heavy (non-hydrogen) atoms. The van der Waals surface area contributed by atoms with Gasteiger partial charge < -0.3 is 15.5 Å². The summed E-state index contributed by atoms with van der Waals surface area (Å²) in [5.74, 6) is 0.755. The summed E-state index contributed by atoms with van der Waals surface area (Å²) in [6.45, 7) is 3.83. The Morgan fingerprint density at radius 3 is 2.73 bits per heavy atom. The second-order valence-electron chi connectivity index (χ2n) is 4.24. The van der Waals surface area contributed by atoms with E-state index in [1.165, 1.54) is 6.07 Å². The number of rotatable bonds is 1. The van der Waals surface area contributed by atoms with Crippen molar-refractivity contribution in [3.63, 3.8) is 0 Å². The fourth-order valence-electron chi connectivity index (χ4n) is 2.15. The molecule has 1 atom stereocenters. The number of piperidine rings is 1. The SMILES string of the molecule is Cc1cc(C2CCCNC2)c(O)cc1O.